The molecule has 0 amide bonds. The Morgan fingerprint density at radius 2 is 0.587 bits per heavy atom. The van der Waals surface area contributed by atoms with Crippen LogP contribution in [-0.2, 0) is 0 Å². The summed E-state index contributed by atoms with van der Waals surface area (Å²) in [6.07, 6.45) is 0. The Kier molecular flexibility index (Phi) is 9.97. The number of rotatable bonds is 9. The fourth-order valence-electron chi connectivity index (χ4n) is 9.12. The molecule has 0 aliphatic heterocycles. The van der Waals surface area contributed by atoms with Crippen molar-refractivity contribution in [1.82, 2.24) is 0 Å². The largest absolute Gasteiger partial charge is 0.310 e. The molecule has 0 aliphatic carbocycles. The maximum absolute atomic E-state index is 2.38. The van der Waals surface area contributed by atoms with Crippen LogP contribution in [0.25, 0.3) is 88.3 Å². The molecule has 0 saturated carbocycles. The molecule has 0 atom stereocenters. The van der Waals surface area contributed by atoms with Gasteiger partial charge in [-0.05, 0) is 131 Å². The van der Waals surface area contributed by atoms with Gasteiger partial charge in [-0.2, -0.15) is 0 Å². The van der Waals surface area contributed by atoms with E-state index in [1.165, 1.54) is 82.7 Å². The summed E-state index contributed by atoms with van der Waals surface area (Å²) >= 11 is 0. The van der Waals surface area contributed by atoms with E-state index in [1.54, 1.807) is 0 Å². The molecule has 0 saturated heterocycles. The summed E-state index contributed by atoms with van der Waals surface area (Å²) in [6.45, 7) is 0. The summed E-state index contributed by atoms with van der Waals surface area (Å²) in [5.41, 5.74) is 17.7. The SMILES string of the molecule is c1ccc(-c2ccccc2-c2ccc(N(c3ccc(-c4ccc(-c5cccc6ccccc56)cc4)cc3)c3cccc(-c4ccccc4-c4ccc5ccccc5c4)c3)cc2)cc1. The van der Waals surface area contributed by atoms with E-state index in [1.807, 2.05) is 0 Å². The number of nitrogens with zero attached hydrogens (tertiary/aromatic N) is 1. The van der Waals surface area contributed by atoms with Crippen molar-refractivity contribution in [2.75, 3.05) is 4.90 Å². The molecule has 0 heterocycles. The molecule has 0 fully saturated rings. The summed E-state index contributed by atoms with van der Waals surface area (Å²) in [5.74, 6) is 0. The van der Waals surface area contributed by atoms with Crippen LogP contribution in [0.3, 0.4) is 0 Å². The molecule has 1 nitrogen and oxygen atoms in total. The van der Waals surface area contributed by atoms with Gasteiger partial charge in [0.25, 0.3) is 0 Å². The molecule has 0 bridgehead atoms. The average molecular weight is 802 g/mol. The minimum Gasteiger partial charge on any atom is -0.310 e. The topological polar surface area (TPSA) is 3.24 Å². The molecule has 0 aromatic heterocycles. The van der Waals surface area contributed by atoms with Gasteiger partial charge in [0, 0.05) is 17.1 Å². The van der Waals surface area contributed by atoms with Crippen molar-refractivity contribution in [3.63, 3.8) is 0 Å². The zero-order chi connectivity index (χ0) is 42.0. The van der Waals surface area contributed by atoms with Crippen molar-refractivity contribution in [3.8, 4) is 66.8 Å². The maximum Gasteiger partial charge on any atom is 0.0467 e. The Morgan fingerprint density at radius 1 is 0.190 bits per heavy atom. The summed E-state index contributed by atoms with van der Waals surface area (Å²) < 4.78 is 0. The molecule has 296 valence electrons. The van der Waals surface area contributed by atoms with Gasteiger partial charge in [0.15, 0.2) is 0 Å². The molecular formula is C62H43N. The van der Waals surface area contributed by atoms with E-state index in [-0.39, 0.29) is 0 Å². The molecular weight excluding hydrogens is 759 g/mol. The second-order valence-electron chi connectivity index (χ2n) is 16.1. The lowest BCUT2D eigenvalue weighted by molar-refractivity contribution is 1.28. The highest BCUT2D eigenvalue weighted by molar-refractivity contribution is 5.97. The van der Waals surface area contributed by atoms with Crippen molar-refractivity contribution in [2.45, 2.75) is 0 Å². The highest BCUT2D eigenvalue weighted by Crippen LogP contribution is 2.41. The summed E-state index contributed by atoms with van der Waals surface area (Å²) in [5, 5.41) is 5.01. The molecule has 1 heteroatoms. The Balaban J connectivity index is 0.975. The molecule has 11 rings (SSSR count). The van der Waals surface area contributed by atoms with Crippen molar-refractivity contribution in [3.05, 3.63) is 261 Å². The van der Waals surface area contributed by atoms with Crippen molar-refractivity contribution in [1.29, 1.82) is 0 Å². The van der Waals surface area contributed by atoms with Crippen LogP contribution in [0.15, 0.2) is 261 Å². The Bertz CT molecular complexity index is 3360. The lowest BCUT2D eigenvalue weighted by Gasteiger charge is -2.27. The fraction of sp³-hybridized carbons (Fsp3) is 0. The first-order valence-electron chi connectivity index (χ1n) is 21.7. The number of anilines is 3. The quantitative estimate of drug-likeness (QED) is 0.141. The second-order valence-corrected chi connectivity index (χ2v) is 16.1. The predicted octanol–water partition coefficient (Wildman–Crippen LogP) is 17.5. The molecule has 63 heavy (non-hydrogen) atoms. The van der Waals surface area contributed by atoms with E-state index in [2.05, 4.69) is 266 Å². The number of hydrogen-bond acceptors (Lipinski definition) is 1. The van der Waals surface area contributed by atoms with Crippen LogP contribution in [0.5, 0.6) is 0 Å². The van der Waals surface area contributed by atoms with Crippen LogP contribution < -0.4 is 4.90 Å². The van der Waals surface area contributed by atoms with Gasteiger partial charge >= 0.3 is 0 Å². The van der Waals surface area contributed by atoms with Crippen LogP contribution >= 0.6 is 0 Å². The van der Waals surface area contributed by atoms with Crippen LogP contribution in [-0.4, -0.2) is 0 Å². The average Bonchev–Trinajstić information content (AvgIpc) is 3.37. The first-order chi connectivity index (χ1) is 31.2. The first-order valence-corrected chi connectivity index (χ1v) is 21.7. The van der Waals surface area contributed by atoms with Gasteiger partial charge in [-0.3, -0.25) is 0 Å². The predicted molar refractivity (Wildman–Crippen MR) is 269 cm³/mol. The van der Waals surface area contributed by atoms with Crippen molar-refractivity contribution in [2.24, 2.45) is 0 Å². The van der Waals surface area contributed by atoms with Gasteiger partial charge in [-0.1, -0.05) is 218 Å². The molecule has 11 aromatic rings. The molecule has 0 radical (unpaired) electrons. The zero-order valence-corrected chi connectivity index (χ0v) is 34.8. The van der Waals surface area contributed by atoms with Gasteiger partial charge < -0.3 is 4.90 Å². The van der Waals surface area contributed by atoms with Gasteiger partial charge in [-0.25, -0.2) is 0 Å². The zero-order valence-electron chi connectivity index (χ0n) is 34.8. The van der Waals surface area contributed by atoms with Gasteiger partial charge in [0.2, 0.25) is 0 Å². The third-order valence-corrected chi connectivity index (χ3v) is 12.3. The molecule has 11 aromatic carbocycles. The van der Waals surface area contributed by atoms with E-state index >= 15 is 0 Å². The van der Waals surface area contributed by atoms with Gasteiger partial charge in [0.05, 0.1) is 0 Å². The Hall–Kier alpha value is -8.26. The normalized spacial score (nSPS) is 11.2. The lowest BCUT2D eigenvalue weighted by Crippen LogP contribution is -2.10. The standard InChI is InChI=1S/C62H43N/c1-2-15-47(16-3-1)57-23-8-9-24-59(57)50-36-40-55(41-37-50)63(54-38-34-46(35-39-54)45-28-31-49(32-29-45)60-27-13-19-48-17-6-7-22-58(48)60)56-21-12-20-52(43-56)61-25-10-11-26-62(61)53-33-30-44-14-4-5-18-51(44)42-53/h1-43H. The molecule has 0 spiro atoms. The Labute approximate surface area is 369 Å². The van der Waals surface area contributed by atoms with Crippen LogP contribution in [0, 0.1) is 0 Å². The molecule has 0 unspecified atom stereocenters. The van der Waals surface area contributed by atoms with Crippen LogP contribution in [0.2, 0.25) is 0 Å². The van der Waals surface area contributed by atoms with E-state index < -0.39 is 0 Å². The fourth-order valence-corrected chi connectivity index (χ4v) is 9.12. The monoisotopic (exact) mass is 801 g/mol. The van der Waals surface area contributed by atoms with E-state index in [0.717, 1.165) is 22.6 Å². The number of benzene rings is 11. The second kappa shape index (κ2) is 16.7. The highest BCUT2D eigenvalue weighted by Gasteiger charge is 2.17. The van der Waals surface area contributed by atoms with E-state index in [9.17, 15) is 0 Å². The van der Waals surface area contributed by atoms with Crippen molar-refractivity contribution >= 4 is 38.6 Å². The molecule has 0 N–H and O–H groups in total. The third kappa shape index (κ3) is 7.47. The van der Waals surface area contributed by atoms with Crippen LogP contribution in [0.1, 0.15) is 0 Å². The maximum atomic E-state index is 2.38. The lowest BCUT2D eigenvalue weighted by atomic mass is 9.93. The Morgan fingerprint density at radius 3 is 1.25 bits per heavy atom. The van der Waals surface area contributed by atoms with E-state index in [4.69, 9.17) is 0 Å². The number of hydrogen-bond donors (Lipinski definition) is 0. The minimum absolute atomic E-state index is 1.09. The summed E-state index contributed by atoms with van der Waals surface area (Å²) in [4.78, 5) is 2.38. The van der Waals surface area contributed by atoms with Gasteiger partial charge in [-0.15, -0.1) is 0 Å². The van der Waals surface area contributed by atoms with Crippen molar-refractivity contribution < 1.29 is 0 Å². The smallest absolute Gasteiger partial charge is 0.0467 e. The van der Waals surface area contributed by atoms with E-state index in [0.29, 0.717) is 0 Å². The van der Waals surface area contributed by atoms with Crippen LogP contribution in [0.4, 0.5) is 17.1 Å². The minimum atomic E-state index is 1.09. The van der Waals surface area contributed by atoms with Gasteiger partial charge in [0.1, 0.15) is 0 Å². The summed E-state index contributed by atoms with van der Waals surface area (Å²) in [6, 6.07) is 94.6. The summed E-state index contributed by atoms with van der Waals surface area (Å²) in [7, 11) is 0. The highest BCUT2D eigenvalue weighted by atomic mass is 15.1. The first kappa shape index (κ1) is 37.7. The number of fused-ring (bicyclic) bond motifs is 2. The third-order valence-electron chi connectivity index (χ3n) is 12.3. The molecule has 0 aliphatic rings.